The fourth-order valence-corrected chi connectivity index (χ4v) is 3.29. The number of rotatable bonds is 4. The first kappa shape index (κ1) is 22.3. The highest BCUT2D eigenvalue weighted by Gasteiger charge is 2.20. The first-order valence-corrected chi connectivity index (χ1v) is 9.56. The summed E-state index contributed by atoms with van der Waals surface area (Å²) in [6.07, 6.45) is 0. The van der Waals surface area contributed by atoms with Crippen LogP contribution in [0.15, 0.2) is 71.1 Å². The average Bonchev–Trinajstić information content (AvgIpc) is 2.99. The molecule has 1 aromatic heterocycles. The molecule has 0 aliphatic heterocycles. The molecule has 0 unspecified atom stereocenters. The lowest BCUT2D eigenvalue weighted by Gasteiger charge is -2.27. The number of halogens is 2. The first-order chi connectivity index (χ1) is 13.0. The molecule has 0 amide bonds. The van der Waals surface area contributed by atoms with E-state index in [1.54, 1.807) is 0 Å². The molecule has 148 valence electrons. The molecule has 0 saturated carbocycles. The predicted molar refractivity (Wildman–Crippen MR) is 113 cm³/mol. The van der Waals surface area contributed by atoms with Crippen molar-refractivity contribution in [1.82, 2.24) is 0 Å². The first-order valence-electron chi connectivity index (χ1n) is 9.18. The maximum absolute atomic E-state index is 6.19. The van der Waals surface area contributed by atoms with Gasteiger partial charge in [-0.15, -0.1) is 4.65 Å². The van der Waals surface area contributed by atoms with Crippen molar-refractivity contribution >= 4 is 33.5 Å². The van der Waals surface area contributed by atoms with Crippen molar-refractivity contribution in [2.24, 2.45) is 0 Å². The Morgan fingerprint density at radius 3 is 2.14 bits per heavy atom. The molecule has 4 rings (SSSR count). The molecule has 3 nitrogen and oxygen atoms in total. The van der Waals surface area contributed by atoms with Crippen LogP contribution in [0, 0.1) is 0 Å². The van der Waals surface area contributed by atoms with Gasteiger partial charge in [-0.05, 0) is 24.3 Å². The van der Waals surface area contributed by atoms with E-state index in [4.69, 9.17) is 20.9 Å². The van der Waals surface area contributed by atoms with Crippen LogP contribution in [0.4, 0.5) is 0 Å². The maximum atomic E-state index is 6.19. The van der Waals surface area contributed by atoms with Gasteiger partial charge in [0, 0.05) is 33.5 Å². The lowest BCUT2D eigenvalue weighted by Crippen LogP contribution is -3.00. The van der Waals surface area contributed by atoms with Gasteiger partial charge in [0.1, 0.15) is 31.8 Å². The number of furan rings is 1. The van der Waals surface area contributed by atoms with Crippen molar-refractivity contribution in [3.8, 4) is 5.75 Å². The van der Waals surface area contributed by atoms with E-state index in [1.807, 2.05) is 82.5 Å². The summed E-state index contributed by atoms with van der Waals surface area (Å²) in [6, 6.07) is 22.0. The number of fused-ring (bicyclic) bond motifs is 3. The van der Waals surface area contributed by atoms with Crippen LogP contribution in [-0.2, 0) is 6.54 Å². The Bertz CT molecular complexity index is 1040. The largest absolute Gasteiger partial charge is 1.00 e. The molecule has 0 N–H and O–H groups in total. The minimum absolute atomic E-state index is 0. The molecule has 28 heavy (non-hydrogen) atoms. The summed E-state index contributed by atoms with van der Waals surface area (Å²) in [7, 11) is 4.07. The summed E-state index contributed by atoms with van der Waals surface area (Å²) in [5.74, 6) is 0.776. The Morgan fingerprint density at radius 1 is 0.857 bits per heavy atom. The molecule has 3 aromatic carbocycles. The van der Waals surface area contributed by atoms with Crippen LogP contribution in [0.3, 0.4) is 0 Å². The molecular weight excluding hydrogens is 438 g/mol. The van der Waals surface area contributed by atoms with Crippen LogP contribution in [0.5, 0.6) is 5.75 Å². The highest BCUT2D eigenvalue weighted by Crippen LogP contribution is 2.33. The third kappa shape index (κ3) is 5.07. The number of quaternary nitrogens is 1. The summed E-state index contributed by atoms with van der Waals surface area (Å²) < 4.78 is 6.33. The van der Waals surface area contributed by atoms with Crippen LogP contribution < -0.4 is 21.8 Å². The van der Waals surface area contributed by atoms with E-state index in [0.717, 1.165) is 34.2 Å². The second-order valence-electron chi connectivity index (χ2n) is 6.71. The standard InChI is InChI=1S/C21H19ClNO2.C2H6.BrH/c1-23(2,14-15-6-4-3-5-7-15)25-17-9-11-19-18-10-8-16(22)12-20(18)24-21(19)13-17;1-2;/h3-13H,14H2,1-2H3;1-2H3;1H/q+1;;/p-1. The van der Waals surface area contributed by atoms with E-state index < -0.39 is 0 Å². The fraction of sp³-hybridized carbons (Fsp3) is 0.217. The Hall–Kier alpha value is -2.01. The van der Waals surface area contributed by atoms with Gasteiger partial charge in [-0.25, -0.2) is 0 Å². The summed E-state index contributed by atoms with van der Waals surface area (Å²) in [4.78, 5) is 6.19. The topological polar surface area (TPSA) is 22.4 Å². The van der Waals surface area contributed by atoms with Gasteiger partial charge < -0.3 is 26.2 Å². The third-order valence-corrected chi connectivity index (χ3v) is 4.40. The van der Waals surface area contributed by atoms with Crippen molar-refractivity contribution in [3.05, 3.63) is 77.3 Å². The summed E-state index contributed by atoms with van der Waals surface area (Å²) in [5, 5.41) is 2.79. The molecule has 0 spiro atoms. The summed E-state index contributed by atoms with van der Waals surface area (Å²) in [5.41, 5.74) is 2.82. The number of nitrogens with zero attached hydrogens (tertiary/aromatic N) is 1. The van der Waals surface area contributed by atoms with E-state index in [1.165, 1.54) is 5.56 Å². The minimum atomic E-state index is 0. The molecule has 1 heterocycles. The Morgan fingerprint density at radius 2 is 1.46 bits per heavy atom. The molecule has 5 heteroatoms. The van der Waals surface area contributed by atoms with Crippen molar-refractivity contribution in [2.75, 3.05) is 14.1 Å². The lowest BCUT2D eigenvalue weighted by molar-refractivity contribution is -1.06. The highest BCUT2D eigenvalue weighted by atomic mass is 79.9. The van der Waals surface area contributed by atoms with Crippen molar-refractivity contribution in [3.63, 3.8) is 0 Å². The molecular formula is C23H25BrClNO2. The van der Waals surface area contributed by atoms with Gasteiger partial charge in [0.05, 0.1) is 0 Å². The minimum Gasteiger partial charge on any atom is -1.00 e. The van der Waals surface area contributed by atoms with Crippen molar-refractivity contribution < 1.29 is 30.9 Å². The smallest absolute Gasteiger partial charge is 0.193 e. The molecule has 0 atom stereocenters. The lowest BCUT2D eigenvalue weighted by atomic mass is 10.1. The van der Waals surface area contributed by atoms with Gasteiger partial charge >= 0.3 is 0 Å². The second kappa shape index (κ2) is 9.46. The Kier molecular flexibility index (Phi) is 7.53. The number of benzene rings is 3. The zero-order chi connectivity index (χ0) is 19.4. The van der Waals surface area contributed by atoms with Crippen LogP contribution >= 0.6 is 11.6 Å². The van der Waals surface area contributed by atoms with Crippen LogP contribution in [0.1, 0.15) is 19.4 Å². The van der Waals surface area contributed by atoms with Crippen LogP contribution in [-0.4, -0.2) is 18.7 Å². The van der Waals surface area contributed by atoms with Crippen LogP contribution in [0.2, 0.25) is 5.02 Å². The molecule has 0 radical (unpaired) electrons. The average molecular weight is 463 g/mol. The van der Waals surface area contributed by atoms with E-state index in [-0.39, 0.29) is 17.0 Å². The zero-order valence-electron chi connectivity index (χ0n) is 16.6. The zero-order valence-corrected chi connectivity index (χ0v) is 18.9. The molecule has 4 aromatic rings. The van der Waals surface area contributed by atoms with Gasteiger partial charge in [-0.3, -0.25) is 0 Å². The third-order valence-electron chi connectivity index (χ3n) is 4.17. The second-order valence-corrected chi connectivity index (χ2v) is 7.15. The van der Waals surface area contributed by atoms with E-state index in [0.29, 0.717) is 9.67 Å². The quantitative estimate of drug-likeness (QED) is 0.340. The molecule has 0 bridgehead atoms. The number of hydrogen-bond donors (Lipinski definition) is 0. The van der Waals surface area contributed by atoms with Crippen LogP contribution in [0.25, 0.3) is 21.9 Å². The van der Waals surface area contributed by atoms with Gasteiger partial charge in [0.15, 0.2) is 5.75 Å². The van der Waals surface area contributed by atoms with E-state index >= 15 is 0 Å². The van der Waals surface area contributed by atoms with Gasteiger partial charge in [0.25, 0.3) is 0 Å². The van der Waals surface area contributed by atoms with Crippen molar-refractivity contribution in [1.29, 1.82) is 0 Å². The SMILES string of the molecule is CC.C[N+](C)(Cc1ccccc1)Oc1ccc2c(c1)oc1cc(Cl)ccc12.[Br-]. The normalized spacial score (nSPS) is 10.9. The monoisotopic (exact) mass is 461 g/mol. The summed E-state index contributed by atoms with van der Waals surface area (Å²) in [6.45, 7) is 4.77. The Balaban J connectivity index is 0.000000906. The molecule has 0 fully saturated rings. The molecule has 0 aliphatic carbocycles. The maximum Gasteiger partial charge on any atom is 0.193 e. The molecule has 0 aliphatic rings. The fourth-order valence-electron chi connectivity index (χ4n) is 3.13. The van der Waals surface area contributed by atoms with Gasteiger partial charge in [0.2, 0.25) is 0 Å². The number of hydroxylamine groups is 3. The van der Waals surface area contributed by atoms with Gasteiger partial charge in [-0.2, -0.15) is 0 Å². The molecule has 0 saturated heterocycles. The Labute approximate surface area is 181 Å². The summed E-state index contributed by atoms with van der Waals surface area (Å²) >= 11 is 6.05. The van der Waals surface area contributed by atoms with Gasteiger partial charge in [-0.1, -0.05) is 55.8 Å². The van der Waals surface area contributed by atoms with E-state index in [9.17, 15) is 0 Å². The highest BCUT2D eigenvalue weighted by molar-refractivity contribution is 6.31. The van der Waals surface area contributed by atoms with E-state index in [2.05, 4.69) is 12.1 Å². The van der Waals surface area contributed by atoms with Crippen molar-refractivity contribution in [2.45, 2.75) is 20.4 Å². The predicted octanol–water partition coefficient (Wildman–Crippen LogP) is 3.84. The number of hydrogen-bond acceptors (Lipinski definition) is 2.